The Hall–Kier alpha value is -1.82. The summed E-state index contributed by atoms with van der Waals surface area (Å²) in [5.74, 6) is 0.0355. The summed E-state index contributed by atoms with van der Waals surface area (Å²) in [7, 11) is 2.14. The number of nitrogens with zero attached hydrogens (tertiary/aromatic N) is 4. The molecule has 1 aliphatic rings. The number of nitrogens with two attached hydrogens (primary N) is 1. The average Bonchev–Trinajstić information content (AvgIpc) is 2.41. The van der Waals surface area contributed by atoms with Gasteiger partial charge in [0.15, 0.2) is 5.84 Å². The molecule has 1 saturated heterocycles. The second-order valence-electron chi connectivity index (χ2n) is 4.66. The van der Waals surface area contributed by atoms with Crippen molar-refractivity contribution < 1.29 is 5.21 Å². The van der Waals surface area contributed by atoms with Crippen molar-refractivity contribution in [2.24, 2.45) is 10.9 Å². The van der Waals surface area contributed by atoms with Crippen LogP contribution in [-0.4, -0.2) is 53.7 Å². The van der Waals surface area contributed by atoms with E-state index in [0.717, 1.165) is 25.3 Å². The van der Waals surface area contributed by atoms with Gasteiger partial charge in [-0.15, -0.1) is 0 Å². The summed E-state index contributed by atoms with van der Waals surface area (Å²) in [5, 5.41) is 11.5. The molecule has 1 unspecified atom stereocenters. The molecule has 0 bridgehead atoms. The van der Waals surface area contributed by atoms with Crippen molar-refractivity contribution >= 4 is 11.5 Å². The highest BCUT2D eigenvalue weighted by molar-refractivity contribution is 5.95. The summed E-state index contributed by atoms with van der Waals surface area (Å²) in [6, 6.07) is 4.26. The lowest BCUT2D eigenvalue weighted by atomic mass is 10.2. The third kappa shape index (κ3) is 2.53. The van der Waals surface area contributed by atoms with Gasteiger partial charge in [-0.25, -0.2) is 0 Å². The number of likely N-dealkylation sites (N-methyl/N-ethyl adjacent to an activating group) is 1. The normalized spacial score (nSPS) is 22.2. The fourth-order valence-electron chi connectivity index (χ4n) is 2.06. The van der Waals surface area contributed by atoms with E-state index in [0.29, 0.717) is 11.7 Å². The summed E-state index contributed by atoms with van der Waals surface area (Å²) in [5.41, 5.74) is 7.04. The molecule has 0 aromatic carbocycles. The monoisotopic (exact) mass is 249 g/mol. The van der Waals surface area contributed by atoms with Gasteiger partial charge in [-0.1, -0.05) is 5.16 Å². The van der Waals surface area contributed by atoms with Crippen LogP contribution < -0.4 is 10.6 Å². The summed E-state index contributed by atoms with van der Waals surface area (Å²) < 4.78 is 0. The van der Waals surface area contributed by atoms with Crippen LogP contribution in [0, 0.1) is 0 Å². The fourth-order valence-corrected chi connectivity index (χ4v) is 2.06. The number of rotatable bonds is 2. The average molecular weight is 249 g/mol. The van der Waals surface area contributed by atoms with E-state index in [-0.39, 0.29) is 5.84 Å². The van der Waals surface area contributed by atoms with E-state index in [2.05, 4.69) is 33.9 Å². The maximum absolute atomic E-state index is 8.58. The Morgan fingerprint density at radius 3 is 2.83 bits per heavy atom. The molecule has 1 atom stereocenters. The fraction of sp³-hybridized carbons (Fsp3) is 0.500. The Balaban J connectivity index is 2.10. The minimum Gasteiger partial charge on any atom is -0.409 e. The number of oxime groups is 1. The van der Waals surface area contributed by atoms with E-state index in [9.17, 15) is 0 Å². The molecule has 0 radical (unpaired) electrons. The van der Waals surface area contributed by atoms with Gasteiger partial charge >= 0.3 is 0 Å². The van der Waals surface area contributed by atoms with Crippen molar-refractivity contribution in [2.75, 3.05) is 31.6 Å². The molecule has 1 aromatic rings. The van der Waals surface area contributed by atoms with Crippen LogP contribution in [0.4, 0.5) is 5.69 Å². The molecule has 3 N–H and O–H groups in total. The first-order valence-corrected chi connectivity index (χ1v) is 6.01. The molecular weight excluding hydrogens is 230 g/mol. The number of anilines is 1. The Morgan fingerprint density at radius 1 is 1.50 bits per heavy atom. The van der Waals surface area contributed by atoms with Crippen LogP contribution in [0.15, 0.2) is 23.5 Å². The van der Waals surface area contributed by atoms with Crippen molar-refractivity contribution in [3.63, 3.8) is 0 Å². The number of aromatic nitrogens is 1. The summed E-state index contributed by atoms with van der Waals surface area (Å²) in [6.07, 6.45) is 1.77. The van der Waals surface area contributed by atoms with Gasteiger partial charge in [0.2, 0.25) is 0 Å². The summed E-state index contributed by atoms with van der Waals surface area (Å²) in [6.45, 7) is 5.24. The highest BCUT2D eigenvalue weighted by Crippen LogP contribution is 2.17. The van der Waals surface area contributed by atoms with Crippen molar-refractivity contribution in [1.29, 1.82) is 0 Å². The third-order valence-electron chi connectivity index (χ3n) is 3.44. The van der Waals surface area contributed by atoms with E-state index in [1.807, 2.05) is 6.07 Å². The molecule has 0 amide bonds. The quantitative estimate of drug-likeness (QED) is 0.341. The maximum atomic E-state index is 8.58. The van der Waals surface area contributed by atoms with Gasteiger partial charge in [0.1, 0.15) is 5.69 Å². The lowest BCUT2D eigenvalue weighted by molar-refractivity contribution is 0.234. The van der Waals surface area contributed by atoms with Crippen LogP contribution in [0.2, 0.25) is 0 Å². The molecule has 2 heterocycles. The van der Waals surface area contributed by atoms with E-state index < -0.39 is 0 Å². The van der Waals surface area contributed by atoms with Gasteiger partial charge < -0.3 is 20.7 Å². The van der Waals surface area contributed by atoms with Crippen LogP contribution in [0.5, 0.6) is 0 Å². The topological polar surface area (TPSA) is 78.0 Å². The Labute approximate surface area is 107 Å². The van der Waals surface area contributed by atoms with Crippen molar-refractivity contribution in [3.8, 4) is 0 Å². The smallest absolute Gasteiger partial charge is 0.188 e. The zero-order valence-electron chi connectivity index (χ0n) is 10.7. The van der Waals surface area contributed by atoms with Gasteiger partial charge in [-0.05, 0) is 26.1 Å². The molecule has 98 valence electrons. The number of pyridine rings is 1. The number of hydrogen-bond donors (Lipinski definition) is 2. The molecule has 1 aromatic heterocycles. The molecule has 1 aliphatic heterocycles. The number of amidine groups is 1. The SMILES string of the molecule is CC1CN(c2ccc(/C(N)=N/O)nc2)CCN1C. The van der Waals surface area contributed by atoms with E-state index in [4.69, 9.17) is 10.9 Å². The second-order valence-corrected chi connectivity index (χ2v) is 4.66. The molecule has 0 saturated carbocycles. The summed E-state index contributed by atoms with van der Waals surface area (Å²) >= 11 is 0. The molecule has 0 aliphatic carbocycles. The van der Waals surface area contributed by atoms with Crippen molar-refractivity contribution in [1.82, 2.24) is 9.88 Å². The lowest BCUT2D eigenvalue weighted by Gasteiger charge is -2.38. The minimum atomic E-state index is 0.0355. The van der Waals surface area contributed by atoms with Crippen LogP contribution in [0.1, 0.15) is 12.6 Å². The van der Waals surface area contributed by atoms with Gasteiger partial charge in [0.25, 0.3) is 0 Å². The predicted octanol–water partition coefficient (Wildman–Crippen LogP) is 0.316. The maximum Gasteiger partial charge on any atom is 0.188 e. The highest BCUT2D eigenvalue weighted by atomic mass is 16.4. The largest absolute Gasteiger partial charge is 0.409 e. The molecule has 6 heteroatoms. The minimum absolute atomic E-state index is 0.0355. The van der Waals surface area contributed by atoms with E-state index >= 15 is 0 Å². The predicted molar refractivity (Wildman–Crippen MR) is 71.1 cm³/mol. The highest BCUT2D eigenvalue weighted by Gasteiger charge is 2.20. The third-order valence-corrected chi connectivity index (χ3v) is 3.44. The zero-order chi connectivity index (χ0) is 13.1. The molecule has 1 fully saturated rings. The lowest BCUT2D eigenvalue weighted by Crippen LogP contribution is -2.50. The van der Waals surface area contributed by atoms with Crippen LogP contribution in [0.3, 0.4) is 0 Å². The Bertz CT molecular complexity index is 431. The first-order valence-electron chi connectivity index (χ1n) is 6.01. The van der Waals surface area contributed by atoms with E-state index in [1.54, 1.807) is 12.3 Å². The summed E-state index contributed by atoms with van der Waals surface area (Å²) in [4.78, 5) is 8.84. The molecular formula is C12H19N5O. The van der Waals surface area contributed by atoms with Gasteiger partial charge in [-0.3, -0.25) is 4.98 Å². The molecule has 18 heavy (non-hydrogen) atoms. The van der Waals surface area contributed by atoms with Gasteiger partial charge in [0.05, 0.1) is 11.9 Å². The Morgan fingerprint density at radius 2 is 2.28 bits per heavy atom. The molecule has 0 spiro atoms. The number of hydrogen-bond acceptors (Lipinski definition) is 5. The number of piperazine rings is 1. The molecule has 6 nitrogen and oxygen atoms in total. The van der Waals surface area contributed by atoms with E-state index in [1.165, 1.54) is 0 Å². The van der Waals surface area contributed by atoms with Gasteiger partial charge in [-0.2, -0.15) is 0 Å². The van der Waals surface area contributed by atoms with Crippen LogP contribution in [-0.2, 0) is 0 Å². The zero-order valence-corrected chi connectivity index (χ0v) is 10.7. The Kier molecular flexibility index (Phi) is 3.66. The first kappa shape index (κ1) is 12.6. The van der Waals surface area contributed by atoms with Crippen LogP contribution >= 0.6 is 0 Å². The van der Waals surface area contributed by atoms with Crippen molar-refractivity contribution in [2.45, 2.75) is 13.0 Å². The first-order chi connectivity index (χ1) is 8.61. The van der Waals surface area contributed by atoms with Crippen molar-refractivity contribution in [3.05, 3.63) is 24.0 Å². The second kappa shape index (κ2) is 5.22. The standard InChI is InChI=1S/C12H19N5O/c1-9-8-17(6-5-16(9)2)10-3-4-11(14-7-10)12(13)15-18/h3-4,7,9,18H,5-6,8H2,1-2H3,(H2,13,15). The van der Waals surface area contributed by atoms with Crippen LogP contribution in [0.25, 0.3) is 0 Å². The molecule has 2 rings (SSSR count). The van der Waals surface area contributed by atoms with Gasteiger partial charge in [0, 0.05) is 25.7 Å².